The third-order valence-corrected chi connectivity index (χ3v) is 9.32. The molecule has 2 bridgehead atoms. The number of amides is 1. The van der Waals surface area contributed by atoms with E-state index >= 15 is 0 Å². The summed E-state index contributed by atoms with van der Waals surface area (Å²) in [5.74, 6) is -0.117. The molecule has 33 heavy (non-hydrogen) atoms. The van der Waals surface area contributed by atoms with Gasteiger partial charge in [0.05, 0.1) is 13.1 Å². The molecule has 5 heterocycles. The van der Waals surface area contributed by atoms with E-state index in [0.29, 0.717) is 22.6 Å². The molecule has 1 amide bonds. The Kier molecular flexibility index (Phi) is 6.22. The lowest BCUT2D eigenvalue weighted by Crippen LogP contribution is -2.67. The first-order chi connectivity index (χ1) is 16.0. The summed E-state index contributed by atoms with van der Waals surface area (Å²) in [6.45, 7) is 2.30. The molecule has 2 atom stereocenters. The molecule has 2 aromatic rings. The number of carbonyl (C=O) groups is 2. The van der Waals surface area contributed by atoms with Crippen molar-refractivity contribution in [2.45, 2.75) is 68.9 Å². The quantitative estimate of drug-likeness (QED) is 0.397. The molecule has 6 rings (SSSR count). The number of rotatable bonds is 6. The van der Waals surface area contributed by atoms with Crippen LogP contribution >= 0.6 is 11.3 Å². The van der Waals surface area contributed by atoms with Crippen molar-refractivity contribution in [1.82, 2.24) is 10.2 Å². The number of hydrogen-bond donors (Lipinski definition) is 1. The van der Waals surface area contributed by atoms with E-state index in [0.717, 1.165) is 56.5 Å². The molecule has 1 unspecified atom stereocenters. The van der Waals surface area contributed by atoms with E-state index in [2.05, 4.69) is 21.6 Å². The maximum Gasteiger partial charge on any atom is 0.317 e. The molecule has 0 spiro atoms. The fourth-order valence-corrected chi connectivity index (χ4v) is 7.47. The van der Waals surface area contributed by atoms with Gasteiger partial charge in [-0.2, -0.15) is 5.10 Å². The maximum absolute atomic E-state index is 13.9. The summed E-state index contributed by atoms with van der Waals surface area (Å²) >= 11 is 1.67. The molecular formula is C25H33N4O3S+. The number of nitrogens with zero attached hydrogens (tertiary/aromatic N) is 3. The fourth-order valence-electron chi connectivity index (χ4n) is 6.50. The van der Waals surface area contributed by atoms with Gasteiger partial charge in [0, 0.05) is 29.8 Å². The summed E-state index contributed by atoms with van der Waals surface area (Å²) in [4.78, 5) is 27.6. The van der Waals surface area contributed by atoms with Gasteiger partial charge >= 0.3 is 5.97 Å². The summed E-state index contributed by atoms with van der Waals surface area (Å²) in [7, 11) is 0. The normalized spacial score (nSPS) is 29.7. The molecule has 1 aliphatic carbocycles. The Morgan fingerprint density at radius 1 is 1.12 bits per heavy atom. The number of aromatic nitrogens is 2. The second-order valence-electron chi connectivity index (χ2n) is 10.1. The van der Waals surface area contributed by atoms with Gasteiger partial charge < -0.3 is 15.0 Å². The summed E-state index contributed by atoms with van der Waals surface area (Å²) in [6.07, 6.45) is 9.41. The van der Waals surface area contributed by atoms with Crippen LogP contribution in [0.25, 0.3) is 0 Å². The first-order valence-electron chi connectivity index (χ1n) is 12.2. The average molecular weight is 470 g/mol. The largest absolute Gasteiger partial charge is 0.455 e. The highest BCUT2D eigenvalue weighted by molar-refractivity contribution is 7.10. The standard InChI is InChI=1S/C25H32N4O3S/c26-23(30)22(19-7-5-13-27-28-19)29-14-9-18(10-15-29)20(17-29)32-24(31)25(21-8-6-16-33-21)11-3-1-2-4-12-25/h5-8,13,16,18,20,22H,1-4,9-12,14-15,17H2,(H-,26,30)/p+1/t18?,20-,22?,29?/m0/s1. The van der Waals surface area contributed by atoms with Crippen molar-refractivity contribution in [3.63, 3.8) is 0 Å². The van der Waals surface area contributed by atoms with E-state index < -0.39 is 11.5 Å². The number of fused-ring (bicyclic) bond motifs is 3. The van der Waals surface area contributed by atoms with Crippen molar-refractivity contribution in [3.05, 3.63) is 46.4 Å². The van der Waals surface area contributed by atoms with Crippen LogP contribution in [0.5, 0.6) is 0 Å². The van der Waals surface area contributed by atoms with E-state index in [1.165, 1.54) is 12.8 Å². The molecular weight excluding hydrogens is 436 g/mol. The van der Waals surface area contributed by atoms with Gasteiger partial charge in [-0.05, 0) is 36.4 Å². The molecule has 4 fully saturated rings. The second kappa shape index (κ2) is 9.14. The van der Waals surface area contributed by atoms with Crippen LogP contribution in [0.3, 0.4) is 0 Å². The molecule has 4 aliphatic rings. The minimum atomic E-state index is -0.565. The third kappa shape index (κ3) is 4.08. The lowest BCUT2D eigenvalue weighted by molar-refractivity contribution is -0.965. The number of carbonyl (C=O) groups excluding carboxylic acids is 2. The Bertz CT molecular complexity index is 965. The smallest absolute Gasteiger partial charge is 0.317 e. The van der Waals surface area contributed by atoms with Gasteiger partial charge in [0.15, 0.2) is 6.10 Å². The molecule has 8 heteroatoms. The summed E-state index contributed by atoms with van der Waals surface area (Å²) < 4.78 is 6.91. The van der Waals surface area contributed by atoms with Crippen molar-refractivity contribution in [2.75, 3.05) is 19.6 Å². The minimum Gasteiger partial charge on any atom is -0.455 e. The SMILES string of the molecule is NC(=O)C(c1cccnn1)[N+]12CCC(CC1)[C@@H](OC(=O)C1(c3cccs3)CCCCCC1)C2. The van der Waals surface area contributed by atoms with Crippen LogP contribution in [0, 0.1) is 5.92 Å². The van der Waals surface area contributed by atoms with E-state index in [4.69, 9.17) is 10.5 Å². The van der Waals surface area contributed by atoms with Crippen LogP contribution in [0.1, 0.15) is 68.0 Å². The van der Waals surface area contributed by atoms with Crippen LogP contribution in [0.2, 0.25) is 0 Å². The Morgan fingerprint density at radius 2 is 1.88 bits per heavy atom. The van der Waals surface area contributed by atoms with Crippen LogP contribution in [-0.2, 0) is 19.7 Å². The Morgan fingerprint density at radius 3 is 2.48 bits per heavy atom. The highest BCUT2D eigenvalue weighted by atomic mass is 32.1. The van der Waals surface area contributed by atoms with Crippen LogP contribution in [-0.4, -0.2) is 52.3 Å². The van der Waals surface area contributed by atoms with Gasteiger partial charge in [-0.25, -0.2) is 0 Å². The minimum absolute atomic E-state index is 0.0705. The first kappa shape index (κ1) is 22.5. The molecule has 0 radical (unpaired) electrons. The third-order valence-electron chi connectivity index (χ3n) is 8.25. The van der Waals surface area contributed by atoms with Crippen LogP contribution in [0.4, 0.5) is 0 Å². The lowest BCUT2D eigenvalue weighted by Gasteiger charge is -2.54. The van der Waals surface area contributed by atoms with Crippen LogP contribution in [0.15, 0.2) is 35.8 Å². The molecule has 3 saturated heterocycles. The number of nitrogens with two attached hydrogens (primary N) is 1. The Labute approximate surface area is 198 Å². The van der Waals surface area contributed by atoms with Crippen molar-refractivity contribution < 1.29 is 18.8 Å². The number of hydrogen-bond acceptors (Lipinski definition) is 6. The molecule has 3 aliphatic heterocycles. The Hall–Kier alpha value is -2.32. The second-order valence-corrected chi connectivity index (χ2v) is 11.0. The first-order valence-corrected chi connectivity index (χ1v) is 13.1. The number of piperidine rings is 3. The van der Waals surface area contributed by atoms with E-state index in [-0.39, 0.29) is 18.0 Å². The van der Waals surface area contributed by atoms with E-state index in [1.807, 2.05) is 12.1 Å². The zero-order valence-corrected chi connectivity index (χ0v) is 19.8. The zero-order valence-electron chi connectivity index (χ0n) is 19.0. The number of esters is 1. The van der Waals surface area contributed by atoms with Gasteiger partial charge in [0.25, 0.3) is 5.91 Å². The Balaban J connectivity index is 1.41. The van der Waals surface area contributed by atoms with E-state index in [1.54, 1.807) is 23.6 Å². The van der Waals surface area contributed by atoms with Crippen molar-refractivity contribution in [1.29, 1.82) is 0 Å². The van der Waals surface area contributed by atoms with Gasteiger partial charge in [0.1, 0.15) is 17.7 Å². The van der Waals surface area contributed by atoms with Gasteiger partial charge in [-0.3, -0.25) is 9.59 Å². The number of ether oxygens (including phenoxy) is 1. The summed E-state index contributed by atoms with van der Waals surface area (Å²) in [5, 5.41) is 10.3. The number of thiophene rings is 1. The predicted octanol–water partition coefficient (Wildman–Crippen LogP) is 3.51. The van der Waals surface area contributed by atoms with Gasteiger partial charge in [-0.15, -0.1) is 16.4 Å². The predicted molar refractivity (Wildman–Crippen MR) is 125 cm³/mol. The number of primary amides is 1. The van der Waals surface area contributed by atoms with Crippen molar-refractivity contribution in [2.24, 2.45) is 11.7 Å². The number of quaternary nitrogens is 1. The zero-order chi connectivity index (χ0) is 22.9. The highest BCUT2D eigenvalue weighted by Crippen LogP contribution is 2.45. The average Bonchev–Trinajstić information content (AvgIpc) is 3.25. The fraction of sp³-hybridized carbons (Fsp3) is 0.600. The molecule has 2 aromatic heterocycles. The van der Waals surface area contributed by atoms with Gasteiger partial charge in [-0.1, -0.05) is 31.7 Å². The van der Waals surface area contributed by atoms with Crippen molar-refractivity contribution in [3.8, 4) is 0 Å². The van der Waals surface area contributed by atoms with E-state index in [9.17, 15) is 9.59 Å². The summed E-state index contributed by atoms with van der Waals surface area (Å²) in [6, 6.07) is 7.19. The molecule has 0 aromatic carbocycles. The summed E-state index contributed by atoms with van der Waals surface area (Å²) in [5.41, 5.74) is 5.99. The molecule has 2 N–H and O–H groups in total. The highest BCUT2D eigenvalue weighted by Gasteiger charge is 2.55. The molecule has 176 valence electrons. The van der Waals surface area contributed by atoms with Crippen LogP contribution < -0.4 is 5.73 Å². The monoisotopic (exact) mass is 469 g/mol. The van der Waals surface area contributed by atoms with Crippen molar-refractivity contribution >= 4 is 23.2 Å². The maximum atomic E-state index is 13.9. The molecule has 7 nitrogen and oxygen atoms in total. The topological polar surface area (TPSA) is 95.2 Å². The molecule has 1 saturated carbocycles. The lowest BCUT2D eigenvalue weighted by atomic mass is 9.78. The van der Waals surface area contributed by atoms with Gasteiger partial charge in [0.2, 0.25) is 6.04 Å².